The fraction of sp³-hybridized carbons (Fsp3) is 0.333. The van der Waals surface area contributed by atoms with Crippen molar-refractivity contribution in [2.75, 3.05) is 24.3 Å². The summed E-state index contributed by atoms with van der Waals surface area (Å²) in [5.41, 5.74) is 4.13. The van der Waals surface area contributed by atoms with Gasteiger partial charge in [0.25, 0.3) is 5.91 Å². The van der Waals surface area contributed by atoms with Gasteiger partial charge in [-0.15, -0.1) is 0 Å². The summed E-state index contributed by atoms with van der Waals surface area (Å²) >= 11 is 0. The van der Waals surface area contributed by atoms with Crippen LogP contribution in [0.4, 0.5) is 11.4 Å². The number of carbonyl (C=O) groups is 1. The Kier molecular flexibility index (Phi) is 3.79. The molecule has 1 amide bonds. The smallest absolute Gasteiger partial charge is 0.259 e. The van der Waals surface area contributed by atoms with Crippen molar-refractivity contribution < 1.29 is 4.79 Å². The highest BCUT2D eigenvalue weighted by atomic mass is 16.1. The van der Waals surface area contributed by atoms with Crippen molar-refractivity contribution in [1.82, 2.24) is 9.78 Å². The second-order valence-corrected chi connectivity index (χ2v) is 5.06. The van der Waals surface area contributed by atoms with Crippen molar-refractivity contribution in [3.8, 4) is 0 Å². The maximum atomic E-state index is 12.3. The number of nitrogens with zero attached hydrogens (tertiary/aromatic N) is 3. The molecular weight excluding hydrogens is 252 g/mol. The van der Waals surface area contributed by atoms with Gasteiger partial charge in [-0.2, -0.15) is 5.10 Å². The van der Waals surface area contributed by atoms with Gasteiger partial charge in [-0.05, 0) is 38.1 Å². The second-order valence-electron chi connectivity index (χ2n) is 5.06. The number of hydrogen-bond acceptors (Lipinski definition) is 3. The van der Waals surface area contributed by atoms with E-state index in [9.17, 15) is 4.79 Å². The van der Waals surface area contributed by atoms with Gasteiger partial charge in [0, 0.05) is 38.2 Å². The summed E-state index contributed by atoms with van der Waals surface area (Å²) in [7, 11) is 5.80. The second kappa shape index (κ2) is 5.36. The molecule has 0 radical (unpaired) electrons. The third-order valence-corrected chi connectivity index (χ3v) is 3.38. The van der Waals surface area contributed by atoms with E-state index in [1.165, 1.54) is 0 Å². The molecule has 20 heavy (non-hydrogen) atoms. The molecule has 1 N–H and O–H groups in total. The molecule has 1 aromatic heterocycles. The van der Waals surface area contributed by atoms with Gasteiger partial charge in [-0.1, -0.05) is 0 Å². The molecule has 0 bridgehead atoms. The summed E-state index contributed by atoms with van der Waals surface area (Å²) < 4.78 is 1.72. The largest absolute Gasteiger partial charge is 0.378 e. The first kappa shape index (κ1) is 14.1. The molecule has 5 heteroatoms. The minimum Gasteiger partial charge on any atom is -0.378 e. The van der Waals surface area contributed by atoms with Crippen LogP contribution < -0.4 is 10.2 Å². The minimum absolute atomic E-state index is 0.120. The summed E-state index contributed by atoms with van der Waals surface area (Å²) in [6.07, 6.45) is 0. The Bertz CT molecular complexity index is 626. The molecule has 2 aromatic rings. The molecule has 0 unspecified atom stereocenters. The number of benzene rings is 1. The number of carbonyl (C=O) groups excluding carboxylic acids is 1. The molecule has 0 fully saturated rings. The van der Waals surface area contributed by atoms with Gasteiger partial charge < -0.3 is 10.2 Å². The zero-order valence-electron chi connectivity index (χ0n) is 12.6. The van der Waals surface area contributed by atoms with Crippen LogP contribution in [0.2, 0.25) is 0 Å². The standard InChI is InChI=1S/C15H20N4O/c1-10-14(11(2)19(5)17-10)15(20)16-12-6-8-13(9-7-12)18(3)4/h6-9H,1-5H3,(H,16,20). The Hall–Kier alpha value is -2.30. The summed E-state index contributed by atoms with van der Waals surface area (Å²) in [6.45, 7) is 3.74. The van der Waals surface area contributed by atoms with Gasteiger partial charge in [-0.3, -0.25) is 9.48 Å². The van der Waals surface area contributed by atoms with Gasteiger partial charge >= 0.3 is 0 Å². The number of rotatable bonds is 3. The Morgan fingerprint density at radius 1 is 1.20 bits per heavy atom. The first-order valence-electron chi connectivity index (χ1n) is 6.49. The number of hydrogen-bond donors (Lipinski definition) is 1. The molecular formula is C15H20N4O. The molecule has 0 spiro atoms. The highest BCUT2D eigenvalue weighted by Gasteiger charge is 2.17. The van der Waals surface area contributed by atoms with Gasteiger partial charge in [0.1, 0.15) is 0 Å². The highest BCUT2D eigenvalue weighted by Crippen LogP contribution is 2.18. The fourth-order valence-electron chi connectivity index (χ4n) is 2.14. The third kappa shape index (κ3) is 2.66. The van der Waals surface area contributed by atoms with E-state index in [1.807, 2.05) is 64.2 Å². The molecule has 0 atom stereocenters. The monoisotopic (exact) mass is 272 g/mol. The molecule has 0 aliphatic rings. The van der Waals surface area contributed by atoms with Gasteiger partial charge in [-0.25, -0.2) is 0 Å². The Morgan fingerprint density at radius 3 is 2.25 bits per heavy atom. The molecule has 0 saturated heterocycles. The first-order valence-corrected chi connectivity index (χ1v) is 6.49. The predicted octanol–water partition coefficient (Wildman–Crippen LogP) is 2.36. The van der Waals surface area contributed by atoms with Crippen molar-refractivity contribution in [3.05, 3.63) is 41.2 Å². The van der Waals surface area contributed by atoms with Gasteiger partial charge in [0.15, 0.2) is 0 Å². The third-order valence-electron chi connectivity index (χ3n) is 3.38. The van der Waals surface area contributed by atoms with Crippen LogP contribution in [0.25, 0.3) is 0 Å². The summed E-state index contributed by atoms with van der Waals surface area (Å²) in [4.78, 5) is 14.3. The molecule has 0 saturated carbocycles. The van der Waals surface area contributed by atoms with Crippen LogP contribution >= 0.6 is 0 Å². The van der Waals surface area contributed by atoms with E-state index in [2.05, 4.69) is 10.4 Å². The Morgan fingerprint density at radius 2 is 1.80 bits per heavy atom. The lowest BCUT2D eigenvalue weighted by molar-refractivity contribution is 0.102. The van der Waals surface area contributed by atoms with E-state index >= 15 is 0 Å². The number of nitrogens with one attached hydrogen (secondary N) is 1. The molecule has 0 aliphatic heterocycles. The maximum Gasteiger partial charge on any atom is 0.259 e. The SMILES string of the molecule is Cc1nn(C)c(C)c1C(=O)Nc1ccc(N(C)C)cc1. The van der Waals surface area contributed by atoms with E-state index in [1.54, 1.807) is 4.68 Å². The molecule has 1 heterocycles. The van der Waals surface area contributed by atoms with Crippen LogP contribution in [0.5, 0.6) is 0 Å². The molecule has 5 nitrogen and oxygen atoms in total. The van der Waals surface area contributed by atoms with E-state index in [0.29, 0.717) is 5.56 Å². The van der Waals surface area contributed by atoms with Crippen molar-refractivity contribution >= 4 is 17.3 Å². The van der Waals surface area contributed by atoms with Crippen LogP contribution in [0.1, 0.15) is 21.7 Å². The average Bonchev–Trinajstić information content (AvgIpc) is 2.63. The van der Waals surface area contributed by atoms with Crippen molar-refractivity contribution in [1.29, 1.82) is 0 Å². The van der Waals surface area contributed by atoms with Crippen LogP contribution in [-0.4, -0.2) is 29.8 Å². The molecule has 106 valence electrons. The van der Waals surface area contributed by atoms with Crippen molar-refractivity contribution in [2.24, 2.45) is 7.05 Å². The summed E-state index contributed by atoms with van der Waals surface area (Å²) in [5.74, 6) is -0.120. The number of aryl methyl sites for hydroxylation is 2. The lowest BCUT2D eigenvalue weighted by Gasteiger charge is -2.13. The van der Waals surface area contributed by atoms with Gasteiger partial charge in [0.05, 0.1) is 11.3 Å². The zero-order valence-corrected chi connectivity index (χ0v) is 12.6. The number of amides is 1. The first-order chi connectivity index (χ1) is 9.40. The molecule has 0 aliphatic carbocycles. The lowest BCUT2D eigenvalue weighted by Crippen LogP contribution is -2.14. The predicted molar refractivity (Wildman–Crippen MR) is 81.4 cm³/mol. The van der Waals surface area contributed by atoms with Crippen LogP contribution in [0.3, 0.4) is 0 Å². The van der Waals surface area contributed by atoms with Crippen LogP contribution in [-0.2, 0) is 7.05 Å². The topological polar surface area (TPSA) is 50.2 Å². The summed E-state index contributed by atoms with van der Waals surface area (Å²) in [6, 6.07) is 7.74. The Balaban J connectivity index is 2.19. The average molecular weight is 272 g/mol. The molecule has 2 rings (SSSR count). The van der Waals surface area contributed by atoms with Crippen LogP contribution in [0, 0.1) is 13.8 Å². The number of anilines is 2. The minimum atomic E-state index is -0.120. The molecule has 1 aromatic carbocycles. The van der Waals surface area contributed by atoms with E-state index < -0.39 is 0 Å². The van der Waals surface area contributed by atoms with E-state index in [-0.39, 0.29) is 5.91 Å². The van der Waals surface area contributed by atoms with Crippen LogP contribution in [0.15, 0.2) is 24.3 Å². The van der Waals surface area contributed by atoms with E-state index in [0.717, 1.165) is 22.8 Å². The van der Waals surface area contributed by atoms with Gasteiger partial charge in [0.2, 0.25) is 0 Å². The maximum absolute atomic E-state index is 12.3. The Labute approximate surface area is 119 Å². The van der Waals surface area contributed by atoms with Crippen molar-refractivity contribution in [3.63, 3.8) is 0 Å². The lowest BCUT2D eigenvalue weighted by atomic mass is 10.1. The quantitative estimate of drug-likeness (QED) is 0.933. The summed E-state index contributed by atoms with van der Waals surface area (Å²) in [5, 5.41) is 7.17. The fourth-order valence-corrected chi connectivity index (χ4v) is 2.14. The normalized spacial score (nSPS) is 10.4. The zero-order chi connectivity index (χ0) is 14.9. The van der Waals surface area contributed by atoms with Crippen molar-refractivity contribution in [2.45, 2.75) is 13.8 Å². The highest BCUT2D eigenvalue weighted by molar-refractivity contribution is 6.05. The van der Waals surface area contributed by atoms with E-state index in [4.69, 9.17) is 0 Å². The number of aromatic nitrogens is 2.